The highest BCUT2D eigenvalue weighted by atomic mass is 32.2. The number of nitrogen functional groups attached to an aromatic ring is 1. The van der Waals surface area contributed by atoms with E-state index in [1.807, 2.05) is 0 Å². The molecule has 1 aliphatic rings. The van der Waals surface area contributed by atoms with Gasteiger partial charge in [-0.05, 0) is 36.5 Å². The van der Waals surface area contributed by atoms with Crippen molar-refractivity contribution in [3.05, 3.63) is 24.0 Å². The van der Waals surface area contributed by atoms with Crippen LogP contribution in [0.2, 0.25) is 0 Å². The lowest BCUT2D eigenvalue weighted by Crippen LogP contribution is -2.13. The van der Waals surface area contributed by atoms with Crippen molar-refractivity contribution in [3.63, 3.8) is 0 Å². The second-order valence-corrected chi connectivity index (χ2v) is 5.74. The molecule has 0 spiro atoms. The van der Waals surface area contributed by atoms with Crippen LogP contribution in [0.25, 0.3) is 0 Å². The molecule has 0 aromatic heterocycles. The van der Waals surface area contributed by atoms with E-state index in [4.69, 9.17) is 5.73 Å². The number of benzene rings is 1. The van der Waals surface area contributed by atoms with Crippen molar-refractivity contribution in [2.75, 3.05) is 18.6 Å². The zero-order chi connectivity index (χ0) is 13.2. The minimum Gasteiger partial charge on any atom is -0.469 e. The predicted octanol–water partition coefficient (Wildman–Crippen LogP) is 2.84. The largest absolute Gasteiger partial charge is 0.469 e. The summed E-state index contributed by atoms with van der Waals surface area (Å²) in [5.74, 6) is 0.306. The normalized spacial score (nSPS) is 16.3. The van der Waals surface area contributed by atoms with Crippen molar-refractivity contribution in [1.82, 2.24) is 0 Å². The first-order valence-electron chi connectivity index (χ1n) is 5.79. The summed E-state index contributed by atoms with van der Waals surface area (Å²) in [6, 6.07) is 4.35. The molecule has 5 heteroatoms. The summed E-state index contributed by atoms with van der Waals surface area (Å²) in [7, 11) is 1.40. The molecule has 2 rings (SSSR count). The number of hydrogen-bond acceptors (Lipinski definition) is 4. The number of rotatable bonds is 5. The number of hydrogen-bond donors (Lipinski definition) is 1. The number of esters is 1. The molecule has 1 aromatic carbocycles. The second kappa shape index (κ2) is 5.18. The topological polar surface area (TPSA) is 52.3 Å². The van der Waals surface area contributed by atoms with Crippen LogP contribution in [0.5, 0.6) is 0 Å². The van der Waals surface area contributed by atoms with Crippen molar-refractivity contribution < 1.29 is 13.9 Å². The third-order valence-corrected chi connectivity index (χ3v) is 4.63. The van der Waals surface area contributed by atoms with E-state index in [0.717, 1.165) is 23.5 Å². The fourth-order valence-corrected chi connectivity index (χ4v) is 3.07. The maximum Gasteiger partial charge on any atom is 0.306 e. The second-order valence-electron chi connectivity index (χ2n) is 4.72. The summed E-state index contributed by atoms with van der Waals surface area (Å²) < 4.78 is 17.8. The van der Waals surface area contributed by atoms with Gasteiger partial charge in [-0.25, -0.2) is 4.39 Å². The van der Waals surface area contributed by atoms with Crippen LogP contribution in [0.3, 0.4) is 0 Å². The quantitative estimate of drug-likeness (QED) is 0.507. The van der Waals surface area contributed by atoms with E-state index >= 15 is 0 Å². The Morgan fingerprint density at radius 1 is 1.56 bits per heavy atom. The predicted molar refractivity (Wildman–Crippen MR) is 69.8 cm³/mol. The van der Waals surface area contributed by atoms with Gasteiger partial charge in [-0.15, -0.1) is 11.8 Å². The molecule has 98 valence electrons. The Labute approximate surface area is 110 Å². The number of halogens is 1. The molecule has 1 aromatic rings. The Balaban J connectivity index is 1.95. The van der Waals surface area contributed by atoms with E-state index in [2.05, 4.69) is 4.74 Å². The molecule has 1 fully saturated rings. The van der Waals surface area contributed by atoms with Crippen molar-refractivity contribution >= 4 is 23.4 Å². The summed E-state index contributed by atoms with van der Waals surface area (Å²) in [6.45, 7) is 0. The maximum atomic E-state index is 13.1. The maximum absolute atomic E-state index is 13.1. The molecule has 0 atom stereocenters. The van der Waals surface area contributed by atoms with Crippen LogP contribution >= 0.6 is 11.8 Å². The molecule has 3 nitrogen and oxygen atoms in total. The zero-order valence-corrected chi connectivity index (χ0v) is 11.1. The Morgan fingerprint density at radius 3 is 2.89 bits per heavy atom. The highest BCUT2D eigenvalue weighted by Crippen LogP contribution is 2.52. The van der Waals surface area contributed by atoms with E-state index in [1.54, 1.807) is 6.07 Å². The van der Waals surface area contributed by atoms with Gasteiger partial charge < -0.3 is 10.5 Å². The van der Waals surface area contributed by atoms with Gasteiger partial charge in [0.15, 0.2) is 0 Å². The minimum atomic E-state index is -0.287. The molecule has 1 aliphatic carbocycles. The van der Waals surface area contributed by atoms with Crippen LogP contribution in [0, 0.1) is 11.2 Å². The highest BCUT2D eigenvalue weighted by molar-refractivity contribution is 7.99. The van der Waals surface area contributed by atoms with Crippen LogP contribution in [0.4, 0.5) is 10.1 Å². The van der Waals surface area contributed by atoms with Gasteiger partial charge in [0.25, 0.3) is 0 Å². The van der Waals surface area contributed by atoms with Gasteiger partial charge in [0.2, 0.25) is 0 Å². The van der Waals surface area contributed by atoms with Crippen LogP contribution < -0.4 is 5.73 Å². The molecule has 0 amide bonds. The molecule has 0 radical (unpaired) electrons. The first-order chi connectivity index (χ1) is 8.54. The standard InChI is InChI=1S/C13H16FNO2S/c1-17-12(16)7-13(4-5-13)8-18-11-6-9(14)2-3-10(11)15/h2-3,6H,4-5,7-8,15H2,1H3. The number of anilines is 1. The number of nitrogens with two attached hydrogens (primary N) is 1. The molecule has 2 N–H and O–H groups in total. The van der Waals surface area contributed by atoms with Crippen LogP contribution in [0.1, 0.15) is 19.3 Å². The van der Waals surface area contributed by atoms with E-state index in [0.29, 0.717) is 12.1 Å². The fourth-order valence-electron chi connectivity index (χ4n) is 1.79. The van der Waals surface area contributed by atoms with Crippen molar-refractivity contribution in [3.8, 4) is 0 Å². The zero-order valence-electron chi connectivity index (χ0n) is 10.2. The monoisotopic (exact) mass is 269 g/mol. The molecular weight excluding hydrogens is 253 g/mol. The molecule has 0 unspecified atom stereocenters. The first kappa shape index (κ1) is 13.2. The number of ether oxygens (including phenoxy) is 1. The lowest BCUT2D eigenvalue weighted by molar-refractivity contribution is -0.141. The van der Waals surface area contributed by atoms with Crippen LogP contribution in [-0.2, 0) is 9.53 Å². The summed E-state index contributed by atoms with van der Waals surface area (Å²) in [5.41, 5.74) is 6.39. The van der Waals surface area contributed by atoms with E-state index in [9.17, 15) is 9.18 Å². The van der Waals surface area contributed by atoms with Crippen molar-refractivity contribution in [2.24, 2.45) is 5.41 Å². The van der Waals surface area contributed by atoms with E-state index < -0.39 is 0 Å². The molecule has 0 saturated heterocycles. The summed E-state index contributed by atoms with van der Waals surface area (Å²) >= 11 is 1.51. The molecular formula is C13H16FNO2S. The molecule has 0 heterocycles. The van der Waals surface area contributed by atoms with Gasteiger partial charge in [-0.2, -0.15) is 0 Å². The average Bonchev–Trinajstić information content (AvgIpc) is 3.10. The SMILES string of the molecule is COC(=O)CC1(CSc2cc(F)ccc2N)CC1. The van der Waals surface area contributed by atoms with Gasteiger partial charge in [0.05, 0.1) is 13.5 Å². The van der Waals surface area contributed by atoms with Gasteiger partial charge in [0, 0.05) is 16.3 Å². The van der Waals surface area contributed by atoms with Gasteiger partial charge >= 0.3 is 5.97 Å². The van der Waals surface area contributed by atoms with Gasteiger partial charge in [-0.3, -0.25) is 4.79 Å². The highest BCUT2D eigenvalue weighted by Gasteiger charge is 2.44. The molecule has 0 aliphatic heterocycles. The van der Waals surface area contributed by atoms with Crippen molar-refractivity contribution in [1.29, 1.82) is 0 Å². The van der Waals surface area contributed by atoms with E-state index in [1.165, 1.54) is 31.0 Å². The Hall–Kier alpha value is -1.23. The number of methoxy groups -OCH3 is 1. The lowest BCUT2D eigenvalue weighted by Gasteiger charge is -2.13. The number of carbonyl (C=O) groups is 1. The minimum absolute atomic E-state index is 0.0243. The average molecular weight is 269 g/mol. The Morgan fingerprint density at radius 2 is 2.28 bits per heavy atom. The fraction of sp³-hybridized carbons (Fsp3) is 0.462. The summed E-state index contributed by atoms with van der Waals surface area (Å²) in [6.07, 6.45) is 2.47. The first-order valence-corrected chi connectivity index (χ1v) is 6.78. The third-order valence-electron chi connectivity index (χ3n) is 3.21. The van der Waals surface area contributed by atoms with E-state index in [-0.39, 0.29) is 17.2 Å². The number of carbonyl (C=O) groups excluding carboxylic acids is 1. The van der Waals surface area contributed by atoms with Gasteiger partial charge in [-0.1, -0.05) is 0 Å². The summed E-state index contributed by atoms with van der Waals surface area (Å²) in [5, 5.41) is 0. The Bertz CT molecular complexity index is 460. The molecule has 1 saturated carbocycles. The van der Waals surface area contributed by atoms with Crippen LogP contribution in [0.15, 0.2) is 23.1 Å². The Kier molecular flexibility index (Phi) is 3.80. The molecule has 18 heavy (non-hydrogen) atoms. The van der Waals surface area contributed by atoms with Gasteiger partial charge in [0.1, 0.15) is 5.82 Å². The van der Waals surface area contributed by atoms with Crippen LogP contribution in [-0.4, -0.2) is 18.8 Å². The summed E-state index contributed by atoms with van der Waals surface area (Å²) in [4.78, 5) is 12.0. The number of thioether (sulfide) groups is 1. The molecule has 0 bridgehead atoms. The smallest absolute Gasteiger partial charge is 0.306 e. The third kappa shape index (κ3) is 3.16. The lowest BCUT2D eigenvalue weighted by atomic mass is 10.1. The van der Waals surface area contributed by atoms with Crippen molar-refractivity contribution in [2.45, 2.75) is 24.2 Å².